The third-order valence-electron chi connectivity index (χ3n) is 4.78. The number of aromatic nitrogens is 2. The molecule has 0 fully saturated rings. The van der Waals surface area contributed by atoms with Gasteiger partial charge in [-0.1, -0.05) is 41.3 Å². The molecular formula is C21H25N5O3S3. The van der Waals surface area contributed by atoms with E-state index in [1.807, 2.05) is 32.0 Å². The number of carbonyl (C=O) groups is 1. The van der Waals surface area contributed by atoms with E-state index in [2.05, 4.69) is 20.8 Å². The molecule has 1 amide bonds. The summed E-state index contributed by atoms with van der Waals surface area (Å²) in [4.78, 5) is 12.8. The number of nitrogens with one attached hydrogen (secondary N) is 2. The second kappa shape index (κ2) is 9.99. The van der Waals surface area contributed by atoms with Crippen LogP contribution < -0.4 is 10.6 Å². The summed E-state index contributed by atoms with van der Waals surface area (Å²) in [7, 11) is -0.654. The average Bonchev–Trinajstić information content (AvgIpc) is 3.18. The van der Waals surface area contributed by atoms with Crippen LogP contribution in [0.2, 0.25) is 0 Å². The number of aryl methyl sites for hydroxylation is 1. The highest BCUT2D eigenvalue weighted by molar-refractivity contribution is 8.02. The second-order valence-corrected chi connectivity index (χ2v) is 12.0. The number of anilines is 3. The number of hydrogen-bond donors (Lipinski definition) is 2. The Labute approximate surface area is 196 Å². The van der Waals surface area contributed by atoms with Gasteiger partial charge in [-0.05, 0) is 56.2 Å². The van der Waals surface area contributed by atoms with E-state index in [-0.39, 0.29) is 10.8 Å². The fourth-order valence-electron chi connectivity index (χ4n) is 2.70. The molecule has 1 aromatic heterocycles. The minimum absolute atomic E-state index is 0.117. The van der Waals surface area contributed by atoms with Crippen molar-refractivity contribution in [3.05, 3.63) is 53.6 Å². The summed E-state index contributed by atoms with van der Waals surface area (Å²) >= 11 is 2.66. The van der Waals surface area contributed by atoms with Crippen LogP contribution in [-0.2, 0) is 14.8 Å². The van der Waals surface area contributed by atoms with Gasteiger partial charge in [0.2, 0.25) is 21.1 Å². The Hall–Kier alpha value is -2.47. The minimum Gasteiger partial charge on any atom is -0.330 e. The van der Waals surface area contributed by atoms with Crippen molar-refractivity contribution in [2.24, 2.45) is 0 Å². The molecule has 8 nitrogen and oxygen atoms in total. The van der Waals surface area contributed by atoms with Crippen molar-refractivity contribution < 1.29 is 13.2 Å². The first-order valence-corrected chi connectivity index (χ1v) is 12.9. The second-order valence-electron chi connectivity index (χ2n) is 7.31. The van der Waals surface area contributed by atoms with Gasteiger partial charge in [-0.25, -0.2) is 12.7 Å². The van der Waals surface area contributed by atoms with Crippen molar-refractivity contribution in [3.63, 3.8) is 0 Å². The predicted octanol–water partition coefficient (Wildman–Crippen LogP) is 4.27. The third kappa shape index (κ3) is 5.66. The molecule has 32 heavy (non-hydrogen) atoms. The van der Waals surface area contributed by atoms with Crippen molar-refractivity contribution in [1.29, 1.82) is 0 Å². The molecule has 0 aliphatic rings. The van der Waals surface area contributed by atoms with Crippen LogP contribution in [0.25, 0.3) is 0 Å². The number of hydrogen-bond acceptors (Lipinski definition) is 8. The van der Waals surface area contributed by atoms with Crippen molar-refractivity contribution >= 4 is 55.5 Å². The van der Waals surface area contributed by atoms with E-state index in [0.717, 1.165) is 15.6 Å². The largest absolute Gasteiger partial charge is 0.330 e. The van der Waals surface area contributed by atoms with Crippen LogP contribution in [0.15, 0.2) is 51.7 Å². The molecule has 2 aromatic carbocycles. The fourth-order valence-corrected chi connectivity index (χ4v) is 5.56. The lowest BCUT2D eigenvalue weighted by Gasteiger charge is -2.14. The van der Waals surface area contributed by atoms with Crippen molar-refractivity contribution in [1.82, 2.24) is 14.5 Å². The predicted molar refractivity (Wildman–Crippen MR) is 130 cm³/mol. The lowest BCUT2D eigenvalue weighted by atomic mass is 10.1. The van der Waals surface area contributed by atoms with Crippen molar-refractivity contribution in [2.45, 2.75) is 35.3 Å². The topological polar surface area (TPSA) is 104 Å². The van der Waals surface area contributed by atoms with Gasteiger partial charge >= 0.3 is 0 Å². The van der Waals surface area contributed by atoms with Crippen LogP contribution in [0.3, 0.4) is 0 Å². The van der Waals surface area contributed by atoms with Crippen molar-refractivity contribution in [2.75, 3.05) is 24.7 Å². The Morgan fingerprint density at radius 1 is 1.12 bits per heavy atom. The molecule has 0 saturated carbocycles. The summed E-state index contributed by atoms with van der Waals surface area (Å²) in [5.41, 5.74) is 3.71. The maximum atomic E-state index is 12.6. The number of benzene rings is 2. The van der Waals surface area contributed by atoms with Gasteiger partial charge in [-0.3, -0.25) is 4.79 Å². The molecule has 0 aliphatic heterocycles. The van der Waals surface area contributed by atoms with Gasteiger partial charge < -0.3 is 10.6 Å². The Bertz CT molecular complexity index is 1220. The van der Waals surface area contributed by atoms with Gasteiger partial charge in [-0.15, -0.1) is 10.2 Å². The van der Waals surface area contributed by atoms with Crippen molar-refractivity contribution in [3.8, 4) is 0 Å². The van der Waals surface area contributed by atoms with Gasteiger partial charge in [0.05, 0.1) is 10.1 Å². The molecule has 2 N–H and O–H groups in total. The summed E-state index contributed by atoms with van der Waals surface area (Å²) < 4.78 is 26.4. The van der Waals surface area contributed by atoms with E-state index in [1.54, 1.807) is 19.1 Å². The molecule has 1 atom stereocenters. The third-order valence-corrected chi connectivity index (χ3v) is 8.61. The molecule has 3 rings (SSSR count). The highest BCUT2D eigenvalue weighted by Crippen LogP contribution is 2.32. The van der Waals surface area contributed by atoms with Gasteiger partial charge in [0.1, 0.15) is 0 Å². The van der Waals surface area contributed by atoms with Crippen LogP contribution >= 0.6 is 23.1 Å². The van der Waals surface area contributed by atoms with Crippen LogP contribution in [0.5, 0.6) is 0 Å². The highest BCUT2D eigenvalue weighted by atomic mass is 32.2. The Morgan fingerprint density at radius 2 is 1.84 bits per heavy atom. The van der Waals surface area contributed by atoms with E-state index in [4.69, 9.17) is 0 Å². The van der Waals surface area contributed by atoms with Gasteiger partial charge in [0.25, 0.3) is 0 Å². The minimum atomic E-state index is -3.58. The van der Waals surface area contributed by atoms with Gasteiger partial charge in [0, 0.05) is 25.5 Å². The van der Waals surface area contributed by atoms with Crippen LogP contribution in [0.1, 0.15) is 18.1 Å². The van der Waals surface area contributed by atoms with E-state index < -0.39 is 15.3 Å². The van der Waals surface area contributed by atoms with Gasteiger partial charge in [-0.2, -0.15) is 0 Å². The molecule has 0 spiro atoms. The van der Waals surface area contributed by atoms with E-state index in [0.29, 0.717) is 15.2 Å². The zero-order valence-corrected chi connectivity index (χ0v) is 20.9. The molecule has 0 radical (unpaired) electrons. The first-order chi connectivity index (χ1) is 15.1. The number of thioether (sulfide) groups is 1. The average molecular weight is 492 g/mol. The SMILES string of the molecule is Cc1cccc(Nc2nnc(SC(C)C(=O)Nc3cccc(S(=O)(=O)N(C)C)c3)s2)c1C. The van der Waals surface area contributed by atoms with Crippen LogP contribution in [-0.4, -0.2) is 48.2 Å². The van der Waals surface area contributed by atoms with E-state index in [9.17, 15) is 13.2 Å². The molecule has 170 valence electrons. The Morgan fingerprint density at radius 3 is 2.56 bits per heavy atom. The molecule has 0 aliphatic carbocycles. The van der Waals surface area contributed by atoms with Crippen LogP contribution in [0, 0.1) is 13.8 Å². The van der Waals surface area contributed by atoms with E-state index >= 15 is 0 Å². The van der Waals surface area contributed by atoms with Crippen LogP contribution in [0.4, 0.5) is 16.5 Å². The first kappa shape index (κ1) is 24.2. The number of rotatable bonds is 8. The summed E-state index contributed by atoms with van der Waals surface area (Å²) in [6, 6.07) is 12.2. The summed E-state index contributed by atoms with van der Waals surface area (Å²) in [6.07, 6.45) is 0. The van der Waals surface area contributed by atoms with Gasteiger partial charge in [0.15, 0.2) is 4.34 Å². The molecule has 1 heterocycles. The fraction of sp³-hybridized carbons (Fsp3) is 0.286. The zero-order valence-electron chi connectivity index (χ0n) is 18.4. The maximum Gasteiger partial charge on any atom is 0.242 e. The molecule has 1 unspecified atom stereocenters. The highest BCUT2D eigenvalue weighted by Gasteiger charge is 2.20. The van der Waals surface area contributed by atoms with E-state index in [1.165, 1.54) is 54.9 Å². The molecule has 11 heteroatoms. The molecule has 0 saturated heterocycles. The number of carbonyl (C=O) groups excluding carboxylic acids is 1. The first-order valence-electron chi connectivity index (χ1n) is 9.75. The number of amides is 1. The molecule has 3 aromatic rings. The standard InChI is InChI=1S/C21H25N5O3S3/c1-13-8-6-11-18(14(13)2)23-20-24-25-21(31-20)30-15(3)19(27)22-16-9-7-10-17(12-16)32(28,29)26(4)5/h6-12,15H,1-5H3,(H,22,27)(H,23,24). The molecular weight excluding hydrogens is 466 g/mol. The lowest BCUT2D eigenvalue weighted by molar-refractivity contribution is -0.115. The smallest absolute Gasteiger partial charge is 0.242 e. The maximum absolute atomic E-state index is 12.6. The number of sulfonamides is 1. The molecule has 0 bridgehead atoms. The zero-order chi connectivity index (χ0) is 23.5. The Kier molecular flexibility index (Phi) is 7.55. The lowest BCUT2D eigenvalue weighted by Crippen LogP contribution is -2.24. The summed E-state index contributed by atoms with van der Waals surface area (Å²) in [5.74, 6) is -0.256. The summed E-state index contributed by atoms with van der Waals surface area (Å²) in [5, 5.41) is 14.6. The summed E-state index contributed by atoms with van der Waals surface area (Å²) in [6.45, 7) is 5.85. The monoisotopic (exact) mass is 491 g/mol. The normalized spacial score (nSPS) is 12.6. The Balaban J connectivity index is 1.64. The quantitative estimate of drug-likeness (QED) is 0.454. The number of nitrogens with zero attached hydrogens (tertiary/aromatic N) is 3.